The molecule has 0 spiro atoms. The second-order valence-electron chi connectivity index (χ2n) is 7.90. The molecule has 3 aromatic carbocycles. The van der Waals surface area contributed by atoms with E-state index in [9.17, 15) is 26.0 Å². The summed E-state index contributed by atoms with van der Waals surface area (Å²) in [6, 6.07) is 11.2. The van der Waals surface area contributed by atoms with Crippen molar-refractivity contribution in [3.63, 3.8) is 0 Å². The maximum Gasteiger partial charge on any atom is 0.416 e. The minimum absolute atomic E-state index is 0.105. The van der Waals surface area contributed by atoms with Gasteiger partial charge in [-0.15, -0.1) is 0 Å². The van der Waals surface area contributed by atoms with E-state index in [-0.39, 0.29) is 41.6 Å². The van der Waals surface area contributed by atoms with Crippen LogP contribution in [0.1, 0.15) is 16.7 Å². The van der Waals surface area contributed by atoms with E-state index in [4.69, 9.17) is 21.9 Å². The number of rotatable bonds is 6. The molecular formula is C23H17ClF4N4O3S. The molecule has 0 N–H and O–H groups in total. The Morgan fingerprint density at radius 2 is 1.89 bits per heavy atom. The van der Waals surface area contributed by atoms with Crippen LogP contribution in [0.25, 0.3) is 10.4 Å². The molecule has 0 aromatic heterocycles. The minimum Gasteiger partial charge on any atom is -0.489 e. The highest BCUT2D eigenvalue weighted by molar-refractivity contribution is 7.92. The van der Waals surface area contributed by atoms with Crippen molar-refractivity contribution in [1.29, 1.82) is 0 Å². The molecular weight excluding hydrogens is 524 g/mol. The molecule has 0 bridgehead atoms. The highest BCUT2D eigenvalue weighted by Gasteiger charge is 2.36. The number of alkyl halides is 3. The van der Waals surface area contributed by atoms with E-state index in [0.717, 1.165) is 22.5 Å². The molecule has 1 atom stereocenters. The van der Waals surface area contributed by atoms with Crippen LogP contribution in [0.4, 0.5) is 23.2 Å². The van der Waals surface area contributed by atoms with Crippen LogP contribution in [-0.4, -0.2) is 21.0 Å². The van der Waals surface area contributed by atoms with Crippen molar-refractivity contribution in [3.05, 3.63) is 98.6 Å². The zero-order chi connectivity index (χ0) is 26.1. The monoisotopic (exact) mass is 540 g/mol. The summed E-state index contributed by atoms with van der Waals surface area (Å²) in [4.78, 5) is 2.17. The van der Waals surface area contributed by atoms with Crippen LogP contribution in [0.15, 0.2) is 70.7 Å². The highest BCUT2D eigenvalue weighted by Crippen LogP contribution is 2.37. The predicted molar refractivity (Wildman–Crippen MR) is 125 cm³/mol. The lowest BCUT2D eigenvalue weighted by Crippen LogP contribution is -2.41. The lowest BCUT2D eigenvalue weighted by molar-refractivity contribution is -0.137. The van der Waals surface area contributed by atoms with Gasteiger partial charge in [-0.25, -0.2) is 12.8 Å². The fourth-order valence-electron chi connectivity index (χ4n) is 3.81. The standard InChI is InChI=1S/C23H17ClF4N4O3S/c24-20-5-2-6-21(25)19(20)13-35-17-8-7-14-9-16(30-31-29)12-32(22(14)11-17)36(33,34)18-4-1-3-15(10-18)23(26,27)28/h1-8,10-11,16H,9,12-13H2. The second kappa shape index (κ2) is 9.88. The Bertz CT molecular complexity index is 1440. The number of fused-ring (bicyclic) bond motifs is 1. The van der Waals surface area contributed by atoms with Gasteiger partial charge in [0, 0.05) is 23.1 Å². The third-order valence-electron chi connectivity index (χ3n) is 5.57. The largest absolute Gasteiger partial charge is 0.489 e. The van der Waals surface area contributed by atoms with Gasteiger partial charge in [0.05, 0.1) is 27.2 Å². The van der Waals surface area contributed by atoms with E-state index in [1.807, 2.05) is 0 Å². The summed E-state index contributed by atoms with van der Waals surface area (Å²) >= 11 is 6.03. The minimum atomic E-state index is -4.74. The van der Waals surface area contributed by atoms with Crippen molar-refractivity contribution >= 4 is 27.3 Å². The molecule has 0 aliphatic carbocycles. The summed E-state index contributed by atoms with van der Waals surface area (Å²) in [5, 5.41) is 3.77. The van der Waals surface area contributed by atoms with E-state index in [2.05, 4.69) is 10.0 Å². The smallest absolute Gasteiger partial charge is 0.416 e. The molecule has 13 heteroatoms. The van der Waals surface area contributed by atoms with Gasteiger partial charge >= 0.3 is 6.18 Å². The van der Waals surface area contributed by atoms with Crippen LogP contribution in [0.5, 0.6) is 5.75 Å². The van der Waals surface area contributed by atoms with Crippen LogP contribution >= 0.6 is 11.6 Å². The SMILES string of the molecule is [N-]=[N+]=NC1Cc2ccc(OCc3c(F)cccc3Cl)cc2N(S(=O)(=O)c2cccc(C(F)(F)F)c2)C1. The number of azide groups is 1. The van der Waals surface area contributed by atoms with Crippen molar-refractivity contribution in [3.8, 4) is 5.75 Å². The van der Waals surface area contributed by atoms with Crippen LogP contribution in [0.2, 0.25) is 5.02 Å². The van der Waals surface area contributed by atoms with Gasteiger partial charge < -0.3 is 4.74 Å². The molecule has 1 unspecified atom stereocenters. The molecule has 1 heterocycles. The Hall–Kier alpha value is -3.47. The van der Waals surface area contributed by atoms with Gasteiger partial charge in [-0.1, -0.05) is 34.9 Å². The summed E-state index contributed by atoms with van der Waals surface area (Å²) in [5.41, 5.74) is 8.48. The van der Waals surface area contributed by atoms with E-state index < -0.39 is 38.5 Å². The number of hydrogen-bond acceptors (Lipinski definition) is 4. The zero-order valence-corrected chi connectivity index (χ0v) is 19.9. The molecule has 1 aliphatic heterocycles. The first kappa shape index (κ1) is 25.6. The fraction of sp³-hybridized carbons (Fsp3) is 0.217. The van der Waals surface area contributed by atoms with Crippen molar-refractivity contribution in [2.24, 2.45) is 5.11 Å². The average Bonchev–Trinajstić information content (AvgIpc) is 2.83. The van der Waals surface area contributed by atoms with E-state index in [1.54, 1.807) is 6.07 Å². The predicted octanol–water partition coefficient (Wildman–Crippen LogP) is 6.51. The molecule has 0 amide bonds. The molecule has 188 valence electrons. The molecule has 3 aromatic rings. The Labute approximate surface area is 208 Å². The lowest BCUT2D eigenvalue weighted by Gasteiger charge is -2.34. The Kier molecular flexibility index (Phi) is 7.03. The third kappa shape index (κ3) is 5.20. The van der Waals surface area contributed by atoms with E-state index >= 15 is 0 Å². The van der Waals surface area contributed by atoms with Crippen LogP contribution in [0.3, 0.4) is 0 Å². The first-order chi connectivity index (χ1) is 17.0. The van der Waals surface area contributed by atoms with Gasteiger partial charge in [0.25, 0.3) is 10.0 Å². The van der Waals surface area contributed by atoms with Crippen molar-refractivity contribution in [2.45, 2.75) is 30.1 Å². The quantitative estimate of drug-likeness (QED) is 0.154. The van der Waals surface area contributed by atoms with Gasteiger partial charge in [-0.2, -0.15) is 13.2 Å². The van der Waals surface area contributed by atoms with Crippen molar-refractivity contribution < 1.29 is 30.7 Å². The number of anilines is 1. The second-order valence-corrected chi connectivity index (χ2v) is 10.2. The first-order valence-corrected chi connectivity index (χ1v) is 12.3. The average molecular weight is 541 g/mol. The summed E-state index contributed by atoms with van der Waals surface area (Å²) in [5.74, 6) is -0.397. The molecule has 0 fully saturated rings. The number of nitrogens with zero attached hydrogens (tertiary/aromatic N) is 4. The third-order valence-corrected chi connectivity index (χ3v) is 7.70. The molecule has 0 saturated heterocycles. The number of benzene rings is 3. The maximum atomic E-state index is 14.1. The van der Waals surface area contributed by atoms with Gasteiger partial charge in [0.15, 0.2) is 0 Å². The summed E-state index contributed by atoms with van der Waals surface area (Å²) in [6.07, 6.45) is -4.54. The Morgan fingerprint density at radius 1 is 1.14 bits per heavy atom. The molecule has 36 heavy (non-hydrogen) atoms. The van der Waals surface area contributed by atoms with Crippen LogP contribution in [-0.2, 0) is 29.2 Å². The molecule has 0 saturated carbocycles. The van der Waals surface area contributed by atoms with Gasteiger partial charge in [0.2, 0.25) is 0 Å². The highest BCUT2D eigenvalue weighted by atomic mass is 35.5. The van der Waals surface area contributed by atoms with Crippen molar-refractivity contribution in [1.82, 2.24) is 0 Å². The Balaban J connectivity index is 1.73. The topological polar surface area (TPSA) is 95.4 Å². The maximum absolute atomic E-state index is 14.1. The van der Waals surface area contributed by atoms with Crippen molar-refractivity contribution in [2.75, 3.05) is 10.8 Å². The fourth-order valence-corrected chi connectivity index (χ4v) is 5.61. The summed E-state index contributed by atoms with van der Waals surface area (Å²) in [7, 11) is -4.49. The first-order valence-electron chi connectivity index (χ1n) is 10.4. The molecule has 0 radical (unpaired) electrons. The van der Waals surface area contributed by atoms with Crippen LogP contribution in [0, 0.1) is 5.82 Å². The molecule has 4 rings (SSSR count). The van der Waals surface area contributed by atoms with Crippen LogP contribution < -0.4 is 9.04 Å². The Morgan fingerprint density at radius 3 is 2.58 bits per heavy atom. The normalized spacial score (nSPS) is 15.7. The van der Waals surface area contributed by atoms with Gasteiger partial charge in [0.1, 0.15) is 18.2 Å². The zero-order valence-electron chi connectivity index (χ0n) is 18.3. The van der Waals surface area contributed by atoms with E-state index in [0.29, 0.717) is 11.6 Å². The molecule has 7 nitrogen and oxygen atoms in total. The molecule has 1 aliphatic rings. The lowest BCUT2D eigenvalue weighted by atomic mass is 10.00. The number of hydrogen-bond donors (Lipinski definition) is 0. The summed E-state index contributed by atoms with van der Waals surface area (Å²) < 4.78 is 87.2. The number of sulfonamides is 1. The summed E-state index contributed by atoms with van der Waals surface area (Å²) in [6.45, 7) is -0.537. The van der Waals surface area contributed by atoms with Gasteiger partial charge in [-0.05, 0) is 53.9 Å². The number of ether oxygens (including phenoxy) is 1. The number of halogens is 5. The van der Waals surface area contributed by atoms with E-state index in [1.165, 1.54) is 30.3 Å². The van der Waals surface area contributed by atoms with Gasteiger partial charge in [-0.3, -0.25) is 4.31 Å².